The van der Waals surface area contributed by atoms with Crippen molar-refractivity contribution in [3.63, 3.8) is 0 Å². The van der Waals surface area contributed by atoms with Crippen molar-refractivity contribution in [2.24, 2.45) is 35.5 Å². The monoisotopic (exact) mass is 914 g/mol. The lowest BCUT2D eigenvalue weighted by Crippen LogP contribution is -2.61. The van der Waals surface area contributed by atoms with E-state index < -0.39 is 83.9 Å². The third-order valence-corrected chi connectivity index (χ3v) is 14.5. The zero-order chi connectivity index (χ0) is 48.2. The molecule has 15 atom stereocenters. The summed E-state index contributed by atoms with van der Waals surface area (Å²) in [6, 6.07) is -1.14. The summed E-state index contributed by atoms with van der Waals surface area (Å²) >= 11 is 0. The number of hydrogen-bond donors (Lipinski definition) is 3. The van der Waals surface area contributed by atoms with Gasteiger partial charge >= 0.3 is 5.97 Å². The normalized spacial score (nSPS) is 40.4. The summed E-state index contributed by atoms with van der Waals surface area (Å²) < 4.78 is 29.4. The van der Waals surface area contributed by atoms with Crippen LogP contribution in [0.25, 0.3) is 0 Å². The number of nitrogens with zero attached hydrogens (tertiary/aromatic N) is 1. The smallest absolute Gasteiger partial charge is 0.329 e. The van der Waals surface area contributed by atoms with Crippen LogP contribution < -0.4 is 0 Å². The fourth-order valence-corrected chi connectivity index (χ4v) is 10.1. The van der Waals surface area contributed by atoms with Gasteiger partial charge in [-0.2, -0.15) is 0 Å². The molecule has 14 nitrogen and oxygen atoms in total. The van der Waals surface area contributed by atoms with Crippen molar-refractivity contribution >= 4 is 29.2 Å². The average molecular weight is 914 g/mol. The molecule has 65 heavy (non-hydrogen) atoms. The molecule has 2 unspecified atom stereocenters. The third-order valence-electron chi connectivity index (χ3n) is 14.5. The zero-order valence-corrected chi connectivity index (χ0v) is 40.6. The van der Waals surface area contributed by atoms with Gasteiger partial charge in [0, 0.05) is 58.5 Å². The molecular weight excluding hydrogens is 835 g/mol. The number of allylic oxidation sites excluding steroid dienone is 6. The SMILES string of the molecule is CO[C@H]1C[C@@H]2CC[C@@H](C)[C@@](O)(O2)C(=O)C(=O)N2CCCCC2C(=O)O[C@H](C(C)C[C@H]2CC[C@@H](O)[C@H](OC)C2)CC(=O)[C@H](C)/C=C(\C)[C@@H](O)[C@@H](OC)C(=O)[C@H](C)C[C@H](C)/C=C/C=C/C=C/1C. The average Bonchev–Trinajstić information content (AvgIpc) is 3.28. The van der Waals surface area contributed by atoms with Crippen LogP contribution in [0.3, 0.4) is 0 Å². The molecular formula is C51H79NO13. The largest absolute Gasteiger partial charge is 0.460 e. The van der Waals surface area contributed by atoms with Crippen molar-refractivity contribution in [1.29, 1.82) is 0 Å². The van der Waals surface area contributed by atoms with E-state index in [0.717, 1.165) is 12.0 Å². The molecule has 1 saturated carbocycles. The predicted molar refractivity (Wildman–Crippen MR) is 245 cm³/mol. The number of Topliss-reactive ketones (excluding diaryl/α,β-unsaturated/α-hetero) is 3. The molecule has 3 aliphatic heterocycles. The van der Waals surface area contributed by atoms with Crippen LogP contribution in [0.5, 0.6) is 0 Å². The van der Waals surface area contributed by atoms with Gasteiger partial charge in [-0.15, -0.1) is 0 Å². The van der Waals surface area contributed by atoms with Gasteiger partial charge in [-0.3, -0.25) is 19.2 Å². The van der Waals surface area contributed by atoms with E-state index in [2.05, 4.69) is 0 Å². The Bertz CT molecular complexity index is 1760. The van der Waals surface area contributed by atoms with Crippen LogP contribution in [0.4, 0.5) is 0 Å². The number of amides is 1. The maximum atomic E-state index is 14.4. The molecule has 366 valence electrons. The molecule has 0 aromatic carbocycles. The molecule has 2 bridgehead atoms. The highest BCUT2D eigenvalue weighted by Gasteiger charge is 2.53. The van der Waals surface area contributed by atoms with Crippen molar-refractivity contribution in [2.45, 2.75) is 180 Å². The highest BCUT2D eigenvalue weighted by Crippen LogP contribution is 2.38. The van der Waals surface area contributed by atoms with Crippen LogP contribution in [0.1, 0.15) is 126 Å². The van der Waals surface area contributed by atoms with Crippen LogP contribution in [0, 0.1) is 35.5 Å². The molecule has 1 amide bonds. The Balaban J connectivity index is 1.70. The first kappa shape index (κ1) is 54.2. The number of aliphatic hydroxyl groups excluding tert-OH is 2. The highest BCUT2D eigenvalue weighted by molar-refractivity contribution is 6.39. The number of fused-ring (bicyclic) bond motifs is 3. The summed E-state index contributed by atoms with van der Waals surface area (Å²) in [5.74, 6) is -7.96. The number of aliphatic hydroxyl groups is 3. The summed E-state index contributed by atoms with van der Waals surface area (Å²) in [6.07, 6.45) is 11.2. The lowest BCUT2D eigenvalue weighted by atomic mass is 9.78. The highest BCUT2D eigenvalue weighted by atomic mass is 16.6. The molecule has 4 rings (SSSR count). The summed E-state index contributed by atoms with van der Waals surface area (Å²) in [5.41, 5.74) is 1.27. The lowest BCUT2D eigenvalue weighted by molar-refractivity contribution is -0.265. The molecule has 3 N–H and O–H groups in total. The molecule has 14 heteroatoms. The van der Waals surface area contributed by atoms with Crippen LogP contribution in [-0.2, 0) is 47.7 Å². The zero-order valence-electron chi connectivity index (χ0n) is 40.6. The standard InChI is InChI=1S/C51H79NO13/c1-30-16-12-11-13-17-31(2)42(61-8)28-38-21-19-36(7)51(60,65-38)48(57)49(58)52-23-15-14-18-39(52)50(59)64-43(33(4)26-37-20-22-40(53)44(27-37)62-9)29-41(54)32(3)25-35(6)46(56)47(63-10)45(55)34(5)24-30/h11-13,16-17,25,30,32-34,36-40,42-44,46-47,53,56,60H,14-15,18-24,26-29H2,1-10H3/b13-11+,16-12+,31-17+,35-25+/t30-,32-,33?,34-,36-,37-,38+,39?,40-,42+,43+,44-,46-,47+,51-/m1/s1. The van der Waals surface area contributed by atoms with Gasteiger partial charge in [0.15, 0.2) is 5.78 Å². The van der Waals surface area contributed by atoms with Crippen LogP contribution in [0.2, 0.25) is 0 Å². The quantitative estimate of drug-likeness (QED) is 0.156. The van der Waals surface area contributed by atoms with E-state index in [9.17, 15) is 39.3 Å². The minimum absolute atomic E-state index is 0.0193. The number of piperidine rings is 1. The molecule has 0 spiro atoms. The van der Waals surface area contributed by atoms with Gasteiger partial charge in [-0.05, 0) is 107 Å². The first-order valence-corrected chi connectivity index (χ1v) is 23.9. The minimum Gasteiger partial charge on any atom is -0.460 e. The molecule has 0 aromatic rings. The first-order chi connectivity index (χ1) is 30.7. The molecule has 3 heterocycles. The first-order valence-electron chi connectivity index (χ1n) is 23.9. The van der Waals surface area contributed by atoms with Gasteiger partial charge in [0.25, 0.3) is 11.7 Å². The molecule has 2 saturated heterocycles. The number of ether oxygens (including phenoxy) is 5. The van der Waals surface area contributed by atoms with Gasteiger partial charge < -0.3 is 43.9 Å². The van der Waals surface area contributed by atoms with Gasteiger partial charge in [0.05, 0.1) is 24.4 Å². The van der Waals surface area contributed by atoms with E-state index >= 15 is 0 Å². The third kappa shape index (κ3) is 14.3. The number of rotatable bonds is 6. The van der Waals surface area contributed by atoms with Crippen LogP contribution in [-0.4, -0.2) is 132 Å². The van der Waals surface area contributed by atoms with E-state index in [0.29, 0.717) is 63.4 Å². The van der Waals surface area contributed by atoms with E-state index in [1.807, 2.05) is 58.1 Å². The van der Waals surface area contributed by atoms with Gasteiger partial charge in [-0.1, -0.05) is 71.1 Å². The predicted octanol–water partition coefficient (Wildman–Crippen LogP) is 6.18. The Morgan fingerprint density at radius 1 is 0.846 bits per heavy atom. The van der Waals surface area contributed by atoms with Gasteiger partial charge in [0.1, 0.15) is 30.1 Å². The Morgan fingerprint density at radius 2 is 1.57 bits per heavy atom. The number of cyclic esters (lactones) is 1. The van der Waals surface area contributed by atoms with E-state index in [1.54, 1.807) is 41.1 Å². The van der Waals surface area contributed by atoms with Gasteiger partial charge in [-0.25, -0.2) is 4.79 Å². The number of hydrogen-bond acceptors (Lipinski definition) is 13. The number of esters is 1. The van der Waals surface area contributed by atoms with E-state index in [1.165, 1.54) is 12.0 Å². The van der Waals surface area contributed by atoms with Crippen molar-refractivity contribution in [3.8, 4) is 0 Å². The van der Waals surface area contributed by atoms with Crippen molar-refractivity contribution in [3.05, 3.63) is 47.6 Å². The summed E-state index contributed by atoms with van der Waals surface area (Å²) in [4.78, 5) is 71.8. The topological polar surface area (TPSA) is 195 Å². The second kappa shape index (κ2) is 25.1. The number of ketones is 3. The summed E-state index contributed by atoms with van der Waals surface area (Å²) in [5, 5.41) is 33.8. The maximum Gasteiger partial charge on any atom is 0.329 e. The number of carbonyl (C=O) groups is 5. The second-order valence-corrected chi connectivity index (χ2v) is 19.6. The Morgan fingerprint density at radius 3 is 2.25 bits per heavy atom. The molecule has 4 aliphatic rings. The van der Waals surface area contributed by atoms with Crippen molar-refractivity contribution < 1.29 is 63.0 Å². The second-order valence-electron chi connectivity index (χ2n) is 19.6. The van der Waals surface area contributed by atoms with Crippen LogP contribution >= 0.6 is 0 Å². The minimum atomic E-state index is -2.43. The molecule has 0 aromatic heterocycles. The Kier molecular flexibility index (Phi) is 21.0. The molecule has 1 aliphatic carbocycles. The fourth-order valence-electron chi connectivity index (χ4n) is 10.1. The summed E-state index contributed by atoms with van der Waals surface area (Å²) in [7, 11) is 4.52. The molecule has 3 fully saturated rings. The lowest BCUT2D eigenvalue weighted by Gasteiger charge is -2.42. The molecule has 0 radical (unpaired) electrons. The van der Waals surface area contributed by atoms with Crippen molar-refractivity contribution in [1.82, 2.24) is 4.90 Å². The van der Waals surface area contributed by atoms with Gasteiger partial charge in [0.2, 0.25) is 5.79 Å². The van der Waals surface area contributed by atoms with E-state index in [-0.39, 0.29) is 54.8 Å². The maximum absolute atomic E-state index is 14.4. The fraction of sp³-hybridized carbons (Fsp3) is 0.745. The van der Waals surface area contributed by atoms with Crippen LogP contribution in [0.15, 0.2) is 47.6 Å². The van der Waals surface area contributed by atoms with E-state index in [4.69, 9.17) is 23.7 Å². The number of carbonyl (C=O) groups excluding carboxylic acids is 5. The number of methoxy groups -OCH3 is 3. The Hall–Kier alpha value is -3.37. The summed E-state index contributed by atoms with van der Waals surface area (Å²) in [6.45, 7) is 12.7. The Labute approximate surface area is 387 Å². The van der Waals surface area contributed by atoms with Crippen molar-refractivity contribution in [2.75, 3.05) is 27.9 Å².